The Labute approximate surface area is 95.8 Å². The first-order chi connectivity index (χ1) is 7.56. The van der Waals surface area contributed by atoms with Crippen LogP contribution >= 0.6 is 0 Å². The molecule has 0 radical (unpaired) electrons. The lowest BCUT2D eigenvalue weighted by Gasteiger charge is -2.27. The van der Waals surface area contributed by atoms with Crippen molar-refractivity contribution < 1.29 is 9.13 Å². The highest BCUT2D eigenvalue weighted by molar-refractivity contribution is 5.16. The summed E-state index contributed by atoms with van der Waals surface area (Å²) in [6.45, 7) is 6.59. The van der Waals surface area contributed by atoms with Crippen molar-refractivity contribution in [2.24, 2.45) is 11.7 Å². The number of pyridine rings is 1. The molecule has 0 saturated heterocycles. The van der Waals surface area contributed by atoms with Gasteiger partial charge in [-0.15, -0.1) is 0 Å². The molecule has 0 aliphatic heterocycles. The molecule has 16 heavy (non-hydrogen) atoms. The summed E-state index contributed by atoms with van der Waals surface area (Å²) in [5, 5.41) is 0. The first-order valence-corrected chi connectivity index (χ1v) is 5.53. The molecule has 2 unspecified atom stereocenters. The standard InChI is InChI=1S/C12H19FN2O/c1-4-16-12(8(2)3)11(14)9-5-10(13)7-15-6-9/h5-8,11-12H,4,14H2,1-3H3. The highest BCUT2D eigenvalue weighted by Crippen LogP contribution is 2.22. The van der Waals surface area contributed by atoms with Crippen molar-refractivity contribution in [3.05, 3.63) is 29.8 Å². The van der Waals surface area contributed by atoms with Crippen LogP contribution in [0.1, 0.15) is 32.4 Å². The van der Waals surface area contributed by atoms with Gasteiger partial charge in [0.05, 0.1) is 18.3 Å². The maximum atomic E-state index is 13.0. The van der Waals surface area contributed by atoms with E-state index < -0.39 is 0 Å². The van der Waals surface area contributed by atoms with Gasteiger partial charge in [-0.25, -0.2) is 4.39 Å². The molecule has 0 aliphatic carbocycles. The molecule has 1 heterocycles. The molecular formula is C12H19FN2O. The molecule has 0 saturated carbocycles. The lowest BCUT2D eigenvalue weighted by atomic mass is 9.95. The fourth-order valence-electron chi connectivity index (χ4n) is 1.70. The van der Waals surface area contributed by atoms with Gasteiger partial charge >= 0.3 is 0 Å². The minimum absolute atomic E-state index is 0.117. The first kappa shape index (κ1) is 13.1. The zero-order chi connectivity index (χ0) is 12.1. The molecule has 0 amide bonds. The second-order valence-electron chi connectivity index (χ2n) is 4.13. The molecule has 0 aliphatic rings. The normalized spacial score (nSPS) is 15.1. The van der Waals surface area contributed by atoms with E-state index in [1.165, 1.54) is 12.3 Å². The zero-order valence-corrected chi connectivity index (χ0v) is 9.98. The van der Waals surface area contributed by atoms with E-state index in [0.717, 1.165) is 0 Å². The molecule has 3 nitrogen and oxygen atoms in total. The third kappa shape index (κ3) is 3.25. The highest BCUT2D eigenvalue weighted by Gasteiger charge is 2.23. The number of nitrogens with zero attached hydrogens (tertiary/aromatic N) is 1. The van der Waals surface area contributed by atoms with Crippen LogP contribution in [-0.4, -0.2) is 17.7 Å². The number of hydrogen-bond donors (Lipinski definition) is 1. The molecule has 1 aromatic rings. The largest absolute Gasteiger partial charge is 0.376 e. The molecule has 0 aromatic carbocycles. The summed E-state index contributed by atoms with van der Waals surface area (Å²) in [6.07, 6.45) is 2.64. The molecule has 1 aromatic heterocycles. The predicted molar refractivity (Wildman–Crippen MR) is 61.4 cm³/mol. The molecule has 2 atom stereocenters. The summed E-state index contributed by atoms with van der Waals surface area (Å²) in [6, 6.07) is 1.06. The molecule has 2 N–H and O–H groups in total. The van der Waals surface area contributed by atoms with E-state index in [4.69, 9.17) is 10.5 Å². The Morgan fingerprint density at radius 1 is 1.44 bits per heavy atom. The number of nitrogens with two attached hydrogens (primary N) is 1. The van der Waals surface area contributed by atoms with Gasteiger partial charge < -0.3 is 10.5 Å². The van der Waals surface area contributed by atoms with Gasteiger partial charge in [0, 0.05) is 12.8 Å². The summed E-state index contributed by atoms with van der Waals surface area (Å²) >= 11 is 0. The van der Waals surface area contributed by atoms with Crippen molar-refractivity contribution in [2.75, 3.05) is 6.61 Å². The van der Waals surface area contributed by atoms with E-state index in [2.05, 4.69) is 4.98 Å². The van der Waals surface area contributed by atoms with Crippen LogP contribution in [0.5, 0.6) is 0 Å². The molecule has 4 heteroatoms. The summed E-state index contributed by atoms with van der Waals surface area (Å²) in [5.74, 6) is -0.0924. The monoisotopic (exact) mass is 226 g/mol. The Hall–Kier alpha value is -1.00. The Morgan fingerprint density at radius 2 is 2.12 bits per heavy atom. The number of hydrogen-bond acceptors (Lipinski definition) is 3. The van der Waals surface area contributed by atoms with Gasteiger partial charge in [0.25, 0.3) is 0 Å². The molecule has 90 valence electrons. The number of rotatable bonds is 5. The van der Waals surface area contributed by atoms with Gasteiger partial charge in [-0.2, -0.15) is 0 Å². The van der Waals surface area contributed by atoms with E-state index in [1.54, 1.807) is 6.20 Å². The van der Waals surface area contributed by atoms with Crippen LogP contribution in [-0.2, 0) is 4.74 Å². The van der Waals surface area contributed by atoms with Crippen LogP contribution in [0.25, 0.3) is 0 Å². The van der Waals surface area contributed by atoms with Gasteiger partial charge in [0.2, 0.25) is 0 Å². The Balaban J connectivity index is 2.85. The third-order valence-electron chi connectivity index (χ3n) is 2.48. The minimum atomic E-state index is -0.369. The summed E-state index contributed by atoms with van der Waals surface area (Å²) in [4.78, 5) is 3.80. The van der Waals surface area contributed by atoms with Gasteiger partial charge in [-0.3, -0.25) is 4.98 Å². The highest BCUT2D eigenvalue weighted by atomic mass is 19.1. The Bertz CT molecular complexity index is 331. The first-order valence-electron chi connectivity index (χ1n) is 5.53. The average molecular weight is 226 g/mol. The molecule has 0 fully saturated rings. The third-order valence-corrected chi connectivity index (χ3v) is 2.48. The van der Waals surface area contributed by atoms with Crippen LogP contribution in [0, 0.1) is 11.7 Å². The SMILES string of the molecule is CCOC(C(C)C)C(N)c1cncc(F)c1. The number of ether oxygens (including phenoxy) is 1. The molecular weight excluding hydrogens is 207 g/mol. The van der Waals surface area contributed by atoms with Gasteiger partial charge in [-0.05, 0) is 24.5 Å². The van der Waals surface area contributed by atoms with Crippen LogP contribution < -0.4 is 5.73 Å². The van der Waals surface area contributed by atoms with Gasteiger partial charge in [0.15, 0.2) is 0 Å². The van der Waals surface area contributed by atoms with Crippen LogP contribution in [0.2, 0.25) is 0 Å². The van der Waals surface area contributed by atoms with E-state index in [0.29, 0.717) is 12.2 Å². The fraction of sp³-hybridized carbons (Fsp3) is 0.583. The van der Waals surface area contributed by atoms with Crippen LogP contribution in [0.15, 0.2) is 18.5 Å². The molecule has 1 rings (SSSR count). The second kappa shape index (κ2) is 5.92. The average Bonchev–Trinajstić information content (AvgIpc) is 2.24. The van der Waals surface area contributed by atoms with Crippen molar-refractivity contribution in [2.45, 2.75) is 32.9 Å². The summed E-state index contributed by atoms with van der Waals surface area (Å²) in [7, 11) is 0. The van der Waals surface area contributed by atoms with Crippen LogP contribution in [0.4, 0.5) is 4.39 Å². The van der Waals surface area contributed by atoms with Gasteiger partial charge in [0.1, 0.15) is 5.82 Å². The molecule has 0 spiro atoms. The predicted octanol–water partition coefficient (Wildman–Crippen LogP) is 2.28. The van der Waals surface area contributed by atoms with Crippen molar-refractivity contribution in [3.8, 4) is 0 Å². The van der Waals surface area contributed by atoms with Gasteiger partial charge in [-0.1, -0.05) is 13.8 Å². The topological polar surface area (TPSA) is 48.1 Å². The fourth-order valence-corrected chi connectivity index (χ4v) is 1.70. The van der Waals surface area contributed by atoms with Crippen molar-refractivity contribution in [1.82, 2.24) is 4.98 Å². The van der Waals surface area contributed by atoms with Crippen LogP contribution in [0.3, 0.4) is 0 Å². The summed E-state index contributed by atoms with van der Waals surface area (Å²) < 4.78 is 18.6. The van der Waals surface area contributed by atoms with E-state index in [9.17, 15) is 4.39 Å². The van der Waals surface area contributed by atoms with Crippen molar-refractivity contribution in [3.63, 3.8) is 0 Å². The van der Waals surface area contributed by atoms with Crippen molar-refractivity contribution in [1.29, 1.82) is 0 Å². The Morgan fingerprint density at radius 3 is 2.62 bits per heavy atom. The number of halogens is 1. The van der Waals surface area contributed by atoms with E-state index in [1.807, 2.05) is 20.8 Å². The zero-order valence-electron chi connectivity index (χ0n) is 9.98. The van der Waals surface area contributed by atoms with E-state index >= 15 is 0 Å². The maximum Gasteiger partial charge on any atom is 0.141 e. The lowest BCUT2D eigenvalue weighted by Crippen LogP contribution is -2.33. The number of aromatic nitrogens is 1. The Kier molecular flexibility index (Phi) is 4.83. The quantitative estimate of drug-likeness (QED) is 0.838. The maximum absolute atomic E-state index is 13.0. The molecule has 0 bridgehead atoms. The van der Waals surface area contributed by atoms with Crippen molar-refractivity contribution >= 4 is 0 Å². The van der Waals surface area contributed by atoms with E-state index in [-0.39, 0.29) is 23.9 Å². The lowest BCUT2D eigenvalue weighted by molar-refractivity contribution is 0.0120. The summed E-state index contributed by atoms with van der Waals surface area (Å²) in [5.41, 5.74) is 6.74. The minimum Gasteiger partial charge on any atom is -0.376 e. The smallest absolute Gasteiger partial charge is 0.141 e. The second-order valence-corrected chi connectivity index (χ2v) is 4.13.